The Bertz CT molecular complexity index is 615. The summed E-state index contributed by atoms with van der Waals surface area (Å²) in [6.07, 6.45) is 0.456. The monoisotopic (exact) mass is 332 g/mol. The SMILES string of the molecule is CCC(=O)c1ccc(OC(=O)c2ccc(Br)cc2)cc1. The molecule has 0 unspecified atom stereocenters. The molecule has 0 aliphatic rings. The molecule has 0 amide bonds. The summed E-state index contributed by atoms with van der Waals surface area (Å²) >= 11 is 3.31. The number of hydrogen-bond donors (Lipinski definition) is 0. The summed E-state index contributed by atoms with van der Waals surface area (Å²) in [5.41, 5.74) is 1.10. The molecule has 102 valence electrons. The van der Waals surface area contributed by atoms with Crippen LogP contribution < -0.4 is 4.74 Å². The highest BCUT2D eigenvalue weighted by atomic mass is 79.9. The van der Waals surface area contributed by atoms with E-state index in [9.17, 15) is 9.59 Å². The number of Topliss-reactive ketones (excluding diaryl/α,β-unsaturated/α-hetero) is 1. The number of hydrogen-bond acceptors (Lipinski definition) is 3. The first-order chi connectivity index (χ1) is 9.60. The smallest absolute Gasteiger partial charge is 0.343 e. The number of ketones is 1. The molecule has 0 aliphatic carbocycles. The van der Waals surface area contributed by atoms with E-state index >= 15 is 0 Å². The zero-order valence-corrected chi connectivity index (χ0v) is 12.5. The Labute approximate surface area is 125 Å². The molecular formula is C16H13BrO3. The van der Waals surface area contributed by atoms with Crippen LogP contribution in [0.5, 0.6) is 5.75 Å². The van der Waals surface area contributed by atoms with Gasteiger partial charge in [0.1, 0.15) is 5.75 Å². The van der Waals surface area contributed by atoms with Crippen molar-refractivity contribution in [2.75, 3.05) is 0 Å². The number of carbonyl (C=O) groups excluding carboxylic acids is 2. The predicted molar refractivity (Wildman–Crippen MR) is 80.2 cm³/mol. The highest BCUT2D eigenvalue weighted by molar-refractivity contribution is 9.10. The Morgan fingerprint density at radius 3 is 2.05 bits per heavy atom. The van der Waals surface area contributed by atoms with Gasteiger partial charge in [-0.25, -0.2) is 4.79 Å². The van der Waals surface area contributed by atoms with Crippen molar-refractivity contribution in [1.82, 2.24) is 0 Å². The third-order valence-electron chi connectivity index (χ3n) is 2.79. The average molecular weight is 333 g/mol. The van der Waals surface area contributed by atoms with E-state index in [0.717, 1.165) is 4.47 Å². The summed E-state index contributed by atoms with van der Waals surface area (Å²) in [6, 6.07) is 13.5. The van der Waals surface area contributed by atoms with Gasteiger partial charge in [0, 0.05) is 16.5 Å². The molecule has 0 heterocycles. The lowest BCUT2D eigenvalue weighted by Crippen LogP contribution is -2.08. The van der Waals surface area contributed by atoms with Crippen LogP contribution in [0.4, 0.5) is 0 Å². The van der Waals surface area contributed by atoms with Gasteiger partial charge in [0.15, 0.2) is 5.78 Å². The standard InChI is InChI=1S/C16H13BrO3/c1-2-15(18)11-5-9-14(10-6-11)20-16(19)12-3-7-13(17)8-4-12/h3-10H,2H2,1H3. The second-order valence-corrected chi connectivity index (χ2v) is 5.11. The van der Waals surface area contributed by atoms with E-state index in [1.165, 1.54) is 0 Å². The average Bonchev–Trinajstić information content (AvgIpc) is 2.48. The third-order valence-corrected chi connectivity index (χ3v) is 3.32. The van der Waals surface area contributed by atoms with Crippen LogP contribution in [0.1, 0.15) is 34.1 Å². The first kappa shape index (κ1) is 14.5. The van der Waals surface area contributed by atoms with E-state index in [-0.39, 0.29) is 5.78 Å². The maximum absolute atomic E-state index is 11.9. The topological polar surface area (TPSA) is 43.4 Å². The number of benzene rings is 2. The van der Waals surface area contributed by atoms with E-state index in [1.807, 2.05) is 6.92 Å². The molecule has 2 aromatic carbocycles. The maximum atomic E-state index is 11.9. The van der Waals surface area contributed by atoms with Crippen molar-refractivity contribution < 1.29 is 14.3 Å². The molecule has 0 saturated carbocycles. The van der Waals surface area contributed by atoms with Gasteiger partial charge in [0.2, 0.25) is 0 Å². The quantitative estimate of drug-likeness (QED) is 0.477. The van der Waals surface area contributed by atoms with Gasteiger partial charge in [-0.15, -0.1) is 0 Å². The summed E-state index contributed by atoms with van der Waals surface area (Å²) in [6.45, 7) is 1.81. The molecule has 0 N–H and O–H groups in total. The second-order valence-electron chi connectivity index (χ2n) is 4.20. The summed E-state index contributed by atoms with van der Waals surface area (Å²) in [4.78, 5) is 23.4. The molecule has 3 nitrogen and oxygen atoms in total. The number of ether oxygens (including phenoxy) is 1. The van der Waals surface area contributed by atoms with Gasteiger partial charge in [0.05, 0.1) is 5.56 Å². The second kappa shape index (κ2) is 6.48. The van der Waals surface area contributed by atoms with Crippen LogP contribution in [0.25, 0.3) is 0 Å². The minimum absolute atomic E-state index is 0.0655. The van der Waals surface area contributed by atoms with Gasteiger partial charge in [-0.05, 0) is 48.5 Å². The zero-order chi connectivity index (χ0) is 14.5. The lowest BCUT2D eigenvalue weighted by molar-refractivity contribution is 0.0734. The minimum Gasteiger partial charge on any atom is -0.423 e. The molecule has 2 aromatic rings. The highest BCUT2D eigenvalue weighted by Crippen LogP contribution is 2.16. The van der Waals surface area contributed by atoms with Crippen molar-refractivity contribution in [3.63, 3.8) is 0 Å². The first-order valence-corrected chi connectivity index (χ1v) is 7.00. The summed E-state index contributed by atoms with van der Waals surface area (Å²) in [5.74, 6) is 0.0634. The van der Waals surface area contributed by atoms with Crippen molar-refractivity contribution >= 4 is 27.7 Å². The molecule has 0 aromatic heterocycles. The minimum atomic E-state index is -0.424. The summed E-state index contributed by atoms with van der Waals surface area (Å²) in [7, 11) is 0. The van der Waals surface area contributed by atoms with Crippen LogP contribution in [0, 0.1) is 0 Å². The molecule has 20 heavy (non-hydrogen) atoms. The van der Waals surface area contributed by atoms with Crippen LogP contribution >= 0.6 is 15.9 Å². The van der Waals surface area contributed by atoms with Gasteiger partial charge >= 0.3 is 5.97 Å². The fraction of sp³-hybridized carbons (Fsp3) is 0.125. The van der Waals surface area contributed by atoms with Crippen LogP contribution in [-0.4, -0.2) is 11.8 Å². The van der Waals surface area contributed by atoms with Crippen molar-refractivity contribution in [3.8, 4) is 5.75 Å². The van der Waals surface area contributed by atoms with Crippen molar-refractivity contribution in [2.45, 2.75) is 13.3 Å². The Kier molecular flexibility index (Phi) is 4.69. The largest absolute Gasteiger partial charge is 0.423 e. The van der Waals surface area contributed by atoms with Gasteiger partial charge in [-0.3, -0.25) is 4.79 Å². The fourth-order valence-corrected chi connectivity index (χ4v) is 1.93. The van der Waals surface area contributed by atoms with Crippen molar-refractivity contribution in [3.05, 3.63) is 64.1 Å². The fourth-order valence-electron chi connectivity index (χ4n) is 1.66. The molecule has 0 bridgehead atoms. The third kappa shape index (κ3) is 3.54. The van der Waals surface area contributed by atoms with Crippen molar-refractivity contribution in [2.24, 2.45) is 0 Å². The zero-order valence-electron chi connectivity index (χ0n) is 10.9. The van der Waals surface area contributed by atoms with Crippen LogP contribution in [0.15, 0.2) is 53.0 Å². The highest BCUT2D eigenvalue weighted by Gasteiger charge is 2.09. The normalized spacial score (nSPS) is 10.1. The number of halogens is 1. The number of rotatable bonds is 4. The predicted octanol–water partition coefficient (Wildman–Crippen LogP) is 4.26. The molecule has 0 aliphatic heterocycles. The molecule has 0 radical (unpaired) electrons. The number of esters is 1. The van der Waals surface area contributed by atoms with Crippen molar-refractivity contribution in [1.29, 1.82) is 0 Å². The van der Waals surface area contributed by atoms with Crippen LogP contribution in [0.2, 0.25) is 0 Å². The van der Waals surface area contributed by atoms with Gasteiger partial charge in [-0.2, -0.15) is 0 Å². The molecule has 2 rings (SSSR count). The Morgan fingerprint density at radius 2 is 1.50 bits per heavy atom. The lowest BCUT2D eigenvalue weighted by Gasteiger charge is -2.05. The molecule has 0 spiro atoms. The first-order valence-electron chi connectivity index (χ1n) is 6.21. The van der Waals surface area contributed by atoms with E-state index in [0.29, 0.717) is 23.3 Å². The molecule has 0 fully saturated rings. The van der Waals surface area contributed by atoms with Gasteiger partial charge in [0.25, 0.3) is 0 Å². The Hall–Kier alpha value is -1.94. The molecule has 0 atom stereocenters. The maximum Gasteiger partial charge on any atom is 0.343 e. The molecule has 4 heteroatoms. The van der Waals surface area contributed by atoms with Gasteiger partial charge in [-0.1, -0.05) is 22.9 Å². The van der Waals surface area contributed by atoms with E-state index in [4.69, 9.17) is 4.74 Å². The molecular weight excluding hydrogens is 320 g/mol. The number of carbonyl (C=O) groups is 2. The summed E-state index contributed by atoms with van der Waals surface area (Å²) in [5, 5.41) is 0. The van der Waals surface area contributed by atoms with Crippen LogP contribution in [0.3, 0.4) is 0 Å². The van der Waals surface area contributed by atoms with Crippen LogP contribution in [-0.2, 0) is 0 Å². The Balaban J connectivity index is 2.08. The lowest BCUT2D eigenvalue weighted by atomic mass is 10.1. The summed E-state index contributed by atoms with van der Waals surface area (Å²) < 4.78 is 6.14. The van der Waals surface area contributed by atoms with E-state index in [1.54, 1.807) is 48.5 Å². The van der Waals surface area contributed by atoms with E-state index in [2.05, 4.69) is 15.9 Å². The Morgan fingerprint density at radius 1 is 0.950 bits per heavy atom. The molecule has 0 saturated heterocycles. The van der Waals surface area contributed by atoms with E-state index < -0.39 is 5.97 Å². The van der Waals surface area contributed by atoms with Gasteiger partial charge < -0.3 is 4.74 Å².